The molecule has 1 aliphatic rings. The van der Waals surface area contributed by atoms with E-state index >= 15 is 0 Å². The molecule has 1 fully saturated rings. The highest BCUT2D eigenvalue weighted by atomic mass is 16.5. The van der Waals surface area contributed by atoms with Crippen molar-refractivity contribution < 1.29 is 14.4 Å². The second-order valence-electron chi connectivity index (χ2n) is 6.24. The van der Waals surface area contributed by atoms with E-state index in [-0.39, 0.29) is 23.6 Å². The number of aliphatic hydroxyl groups is 1. The Balaban J connectivity index is 1.44. The van der Waals surface area contributed by atoms with Gasteiger partial charge in [0.05, 0.1) is 17.5 Å². The van der Waals surface area contributed by atoms with Crippen molar-refractivity contribution in [3.63, 3.8) is 0 Å². The van der Waals surface area contributed by atoms with Crippen molar-refractivity contribution in [2.75, 3.05) is 0 Å². The fourth-order valence-electron chi connectivity index (χ4n) is 3.38. The summed E-state index contributed by atoms with van der Waals surface area (Å²) in [6.45, 7) is 0.738. The first-order valence-corrected chi connectivity index (χ1v) is 8.01. The Morgan fingerprint density at radius 2 is 2.21 bits per heavy atom. The number of rotatable bonds is 4. The fraction of sp³-hybridized carbons (Fsp3) is 0.353. The zero-order valence-corrected chi connectivity index (χ0v) is 13.0. The summed E-state index contributed by atoms with van der Waals surface area (Å²) in [6.07, 6.45) is 4.42. The van der Waals surface area contributed by atoms with Crippen molar-refractivity contribution in [1.29, 1.82) is 0 Å². The minimum atomic E-state index is -0.566. The van der Waals surface area contributed by atoms with Crippen LogP contribution in [0.1, 0.15) is 23.4 Å². The summed E-state index contributed by atoms with van der Waals surface area (Å²) >= 11 is 0. The van der Waals surface area contributed by atoms with Crippen molar-refractivity contribution in [3.05, 3.63) is 48.5 Å². The van der Waals surface area contributed by atoms with Crippen molar-refractivity contribution in [3.8, 4) is 0 Å². The molecule has 3 atom stereocenters. The lowest BCUT2D eigenvalue weighted by Crippen LogP contribution is -2.39. The molecule has 1 saturated carbocycles. The van der Waals surface area contributed by atoms with Gasteiger partial charge < -0.3 is 14.9 Å². The Bertz CT molecular complexity index is 843. The number of nitrogens with zero attached hydrogens (tertiary/aromatic N) is 3. The maximum absolute atomic E-state index is 12.5. The number of aliphatic hydroxyl groups excluding tert-OH is 1. The molecule has 0 radical (unpaired) electrons. The van der Waals surface area contributed by atoms with Crippen LogP contribution < -0.4 is 5.32 Å². The average molecular weight is 326 g/mol. The first kappa shape index (κ1) is 14.9. The molecule has 4 rings (SSSR count). The van der Waals surface area contributed by atoms with Gasteiger partial charge in [-0.3, -0.25) is 9.48 Å². The van der Waals surface area contributed by atoms with Gasteiger partial charge in [0.15, 0.2) is 0 Å². The number of benzene rings is 1. The van der Waals surface area contributed by atoms with Crippen molar-refractivity contribution >= 4 is 16.8 Å². The van der Waals surface area contributed by atoms with E-state index in [1.54, 1.807) is 18.3 Å². The third kappa shape index (κ3) is 2.78. The number of fused-ring (bicyclic) bond motifs is 1. The quantitative estimate of drug-likeness (QED) is 0.759. The molecule has 7 heteroatoms. The molecule has 2 N–H and O–H groups in total. The molecule has 0 spiro atoms. The molecule has 1 unspecified atom stereocenters. The molecular weight excluding hydrogens is 308 g/mol. The monoisotopic (exact) mass is 326 g/mol. The summed E-state index contributed by atoms with van der Waals surface area (Å²) < 4.78 is 7.03. The topological polar surface area (TPSA) is 93.2 Å². The van der Waals surface area contributed by atoms with Crippen LogP contribution >= 0.6 is 0 Å². The molecule has 0 saturated heterocycles. The number of amides is 1. The lowest BCUT2D eigenvalue weighted by atomic mass is 10.1. The molecular formula is C17H18N4O3. The van der Waals surface area contributed by atoms with Gasteiger partial charge in [0.2, 0.25) is 5.76 Å². The molecule has 24 heavy (non-hydrogen) atoms. The maximum atomic E-state index is 12.5. The number of hydrogen-bond donors (Lipinski definition) is 2. The minimum Gasteiger partial charge on any atom is -0.391 e. The second-order valence-corrected chi connectivity index (χ2v) is 6.24. The molecule has 3 aromatic rings. The predicted octanol–water partition coefficient (Wildman–Crippen LogP) is 1.59. The van der Waals surface area contributed by atoms with Crippen LogP contribution in [0.5, 0.6) is 0 Å². The number of nitrogens with one attached hydrogen (secondary N) is 1. The highest BCUT2D eigenvalue weighted by Gasteiger charge is 2.35. The third-order valence-corrected chi connectivity index (χ3v) is 4.54. The predicted molar refractivity (Wildman–Crippen MR) is 86.2 cm³/mol. The van der Waals surface area contributed by atoms with E-state index < -0.39 is 6.10 Å². The van der Waals surface area contributed by atoms with E-state index in [0.717, 1.165) is 6.54 Å². The number of hydrogen-bond acceptors (Lipinski definition) is 5. The Hall–Kier alpha value is -2.67. The van der Waals surface area contributed by atoms with Crippen LogP contribution in [0.3, 0.4) is 0 Å². The highest BCUT2D eigenvalue weighted by molar-refractivity contribution is 6.03. The SMILES string of the molecule is O=C(N[C@@H]1CC(Cn2cccn2)C[C@H]1O)c1onc2ccccc12. The fourth-order valence-corrected chi connectivity index (χ4v) is 3.38. The smallest absolute Gasteiger partial charge is 0.290 e. The second kappa shape index (κ2) is 6.09. The summed E-state index contributed by atoms with van der Waals surface area (Å²) in [5.41, 5.74) is 0.645. The maximum Gasteiger partial charge on any atom is 0.290 e. The molecule has 1 aliphatic carbocycles. The molecule has 1 aromatic carbocycles. The lowest BCUT2D eigenvalue weighted by Gasteiger charge is -2.15. The van der Waals surface area contributed by atoms with Gasteiger partial charge in [-0.25, -0.2) is 0 Å². The van der Waals surface area contributed by atoms with Gasteiger partial charge in [0, 0.05) is 18.9 Å². The van der Waals surface area contributed by atoms with Crippen LogP contribution in [0.25, 0.3) is 10.9 Å². The first-order chi connectivity index (χ1) is 11.7. The molecule has 0 aliphatic heterocycles. The Morgan fingerprint density at radius 1 is 1.33 bits per heavy atom. The molecule has 7 nitrogen and oxygen atoms in total. The van der Waals surface area contributed by atoms with Gasteiger partial charge in [-0.2, -0.15) is 5.10 Å². The van der Waals surface area contributed by atoms with Crippen LogP contribution in [0.2, 0.25) is 0 Å². The Kier molecular flexibility index (Phi) is 3.78. The van der Waals surface area contributed by atoms with Gasteiger partial charge in [-0.15, -0.1) is 0 Å². The number of carbonyl (C=O) groups is 1. The molecule has 1 amide bonds. The van der Waals surface area contributed by atoms with Crippen molar-refractivity contribution in [2.24, 2.45) is 5.92 Å². The molecule has 124 valence electrons. The minimum absolute atomic E-state index is 0.188. The Morgan fingerprint density at radius 3 is 3.04 bits per heavy atom. The lowest BCUT2D eigenvalue weighted by molar-refractivity contribution is 0.0840. The van der Waals surface area contributed by atoms with Crippen LogP contribution in [0.4, 0.5) is 0 Å². The van der Waals surface area contributed by atoms with Crippen LogP contribution in [0, 0.1) is 5.92 Å². The summed E-state index contributed by atoms with van der Waals surface area (Å²) in [7, 11) is 0. The van der Waals surface area contributed by atoms with E-state index in [9.17, 15) is 9.90 Å². The van der Waals surface area contributed by atoms with E-state index in [4.69, 9.17) is 4.52 Å². The zero-order valence-electron chi connectivity index (χ0n) is 13.0. The largest absolute Gasteiger partial charge is 0.391 e. The standard InChI is InChI=1S/C17H18N4O3/c22-15-9-11(10-21-7-3-6-18-21)8-14(15)19-17(23)16-12-4-1-2-5-13(12)20-24-16/h1-7,11,14-15,22H,8-10H2,(H,19,23)/t11?,14-,15-/m1/s1. The first-order valence-electron chi connectivity index (χ1n) is 8.01. The highest BCUT2D eigenvalue weighted by Crippen LogP contribution is 2.28. The average Bonchev–Trinajstić information content (AvgIpc) is 3.29. The van der Waals surface area contributed by atoms with Gasteiger partial charge in [0.1, 0.15) is 5.52 Å². The van der Waals surface area contributed by atoms with Gasteiger partial charge >= 0.3 is 0 Å². The van der Waals surface area contributed by atoms with Crippen LogP contribution in [-0.2, 0) is 6.54 Å². The number of aromatic nitrogens is 3. The number of carbonyl (C=O) groups excluding carboxylic acids is 1. The molecule has 0 bridgehead atoms. The third-order valence-electron chi connectivity index (χ3n) is 4.54. The van der Waals surface area contributed by atoms with Gasteiger partial charge in [-0.1, -0.05) is 17.3 Å². The van der Waals surface area contributed by atoms with E-state index in [1.165, 1.54) is 0 Å². The summed E-state index contributed by atoms with van der Waals surface area (Å²) in [5, 5.41) is 21.9. The van der Waals surface area contributed by atoms with Crippen LogP contribution in [-0.4, -0.2) is 38.1 Å². The van der Waals surface area contributed by atoms with Gasteiger partial charge in [0.25, 0.3) is 5.91 Å². The molecule has 2 heterocycles. The van der Waals surface area contributed by atoms with E-state index in [1.807, 2.05) is 29.1 Å². The van der Waals surface area contributed by atoms with E-state index in [0.29, 0.717) is 23.7 Å². The zero-order chi connectivity index (χ0) is 16.5. The summed E-state index contributed by atoms with van der Waals surface area (Å²) in [5.74, 6) is 0.123. The van der Waals surface area contributed by atoms with Gasteiger partial charge in [-0.05, 0) is 37.0 Å². The van der Waals surface area contributed by atoms with Crippen molar-refractivity contribution in [2.45, 2.75) is 31.5 Å². The molecule has 2 aromatic heterocycles. The summed E-state index contributed by atoms with van der Waals surface area (Å²) in [4.78, 5) is 12.5. The van der Waals surface area contributed by atoms with Crippen molar-refractivity contribution in [1.82, 2.24) is 20.3 Å². The Labute approximate surface area is 138 Å². The van der Waals surface area contributed by atoms with Crippen LogP contribution in [0.15, 0.2) is 47.2 Å². The normalized spacial score (nSPS) is 23.6. The van der Waals surface area contributed by atoms with E-state index in [2.05, 4.69) is 15.6 Å². The summed E-state index contributed by atoms with van der Waals surface area (Å²) in [6, 6.07) is 8.85.